The Morgan fingerprint density at radius 2 is 0.750 bits per heavy atom. The molecule has 0 aliphatic carbocycles. The highest BCUT2D eigenvalue weighted by molar-refractivity contribution is 6.25. The van der Waals surface area contributed by atoms with E-state index >= 15 is 0 Å². The zero-order valence-corrected chi connectivity index (χ0v) is 39.5. The summed E-state index contributed by atoms with van der Waals surface area (Å²) in [6, 6.07) is 102. The number of hydrogen-bond acceptors (Lipinski definition) is 1. The van der Waals surface area contributed by atoms with E-state index in [9.17, 15) is 0 Å². The molecule has 72 heavy (non-hydrogen) atoms. The van der Waals surface area contributed by atoms with Gasteiger partial charge in [-0.15, -0.1) is 0 Å². The molecule has 2 heteroatoms. The van der Waals surface area contributed by atoms with Crippen LogP contribution in [0.15, 0.2) is 279 Å². The highest BCUT2D eigenvalue weighted by atomic mass is 15.1. The van der Waals surface area contributed by atoms with Crippen molar-refractivity contribution in [1.82, 2.24) is 4.57 Å². The van der Waals surface area contributed by atoms with Gasteiger partial charge in [-0.2, -0.15) is 0 Å². The molecule has 1 aromatic heterocycles. The lowest BCUT2D eigenvalue weighted by molar-refractivity contribution is 1.18. The standard InChI is InChI=1S/C70H46N2/c1-3-18-47(19-4-1)53-37-41-69(64(43-53)54-24-17-25-56(42-54)72-68-33-16-14-31-63(68)66-45-50-22-7-8-23-51(50)46-70(66)72)71(67-32-15-13-26-57(67)49-20-5-2-6-21-49)55-38-34-48(35-39-55)52-36-40-62-60-29-10-9-27-58(60)59-28-11-12-30-61(59)65(62)44-52/h1-46H. The Morgan fingerprint density at radius 3 is 1.49 bits per heavy atom. The van der Waals surface area contributed by atoms with Crippen molar-refractivity contribution < 1.29 is 0 Å². The third-order valence-corrected chi connectivity index (χ3v) is 14.7. The second-order valence-electron chi connectivity index (χ2n) is 18.8. The first-order chi connectivity index (χ1) is 35.7. The first-order valence-corrected chi connectivity index (χ1v) is 24.8. The summed E-state index contributed by atoms with van der Waals surface area (Å²) in [5.41, 5.74) is 16.0. The van der Waals surface area contributed by atoms with Gasteiger partial charge in [0.2, 0.25) is 0 Å². The van der Waals surface area contributed by atoms with Gasteiger partial charge in [0.25, 0.3) is 0 Å². The van der Waals surface area contributed by atoms with E-state index in [0.29, 0.717) is 0 Å². The number of para-hydroxylation sites is 2. The summed E-state index contributed by atoms with van der Waals surface area (Å²) in [6.07, 6.45) is 0. The maximum atomic E-state index is 2.47. The quantitative estimate of drug-likeness (QED) is 0.138. The molecule has 0 N–H and O–H groups in total. The van der Waals surface area contributed by atoms with E-state index in [2.05, 4.69) is 289 Å². The smallest absolute Gasteiger partial charge is 0.0547 e. The lowest BCUT2D eigenvalue weighted by Gasteiger charge is -2.30. The summed E-state index contributed by atoms with van der Waals surface area (Å²) in [4.78, 5) is 2.47. The average molecular weight is 915 g/mol. The van der Waals surface area contributed by atoms with Gasteiger partial charge in [-0.25, -0.2) is 0 Å². The molecule has 0 bridgehead atoms. The highest BCUT2D eigenvalue weighted by Gasteiger charge is 2.23. The van der Waals surface area contributed by atoms with E-state index in [4.69, 9.17) is 0 Å². The molecule has 0 saturated heterocycles. The summed E-state index contributed by atoms with van der Waals surface area (Å²) in [7, 11) is 0. The van der Waals surface area contributed by atoms with Crippen LogP contribution < -0.4 is 4.90 Å². The van der Waals surface area contributed by atoms with Crippen LogP contribution in [0.3, 0.4) is 0 Å². The fourth-order valence-electron chi connectivity index (χ4n) is 11.3. The fourth-order valence-corrected chi connectivity index (χ4v) is 11.3. The minimum Gasteiger partial charge on any atom is -0.309 e. The molecule has 0 radical (unpaired) electrons. The van der Waals surface area contributed by atoms with Crippen LogP contribution in [0.4, 0.5) is 17.1 Å². The van der Waals surface area contributed by atoms with E-state index < -0.39 is 0 Å². The number of hydrogen-bond donors (Lipinski definition) is 0. The first kappa shape index (κ1) is 41.5. The summed E-state index contributed by atoms with van der Waals surface area (Å²) in [5, 5.41) is 12.6. The van der Waals surface area contributed by atoms with Gasteiger partial charge in [-0.3, -0.25) is 0 Å². The first-order valence-electron chi connectivity index (χ1n) is 24.8. The highest BCUT2D eigenvalue weighted by Crippen LogP contribution is 2.47. The maximum Gasteiger partial charge on any atom is 0.0547 e. The molecule has 2 nitrogen and oxygen atoms in total. The molecular weight excluding hydrogens is 869 g/mol. The van der Waals surface area contributed by atoms with Crippen LogP contribution >= 0.6 is 0 Å². The van der Waals surface area contributed by atoms with E-state index in [-0.39, 0.29) is 0 Å². The molecule has 0 aliphatic rings. The van der Waals surface area contributed by atoms with Crippen LogP contribution in [0.1, 0.15) is 0 Å². The Hall–Kier alpha value is -9.50. The van der Waals surface area contributed by atoms with Crippen LogP contribution in [0.2, 0.25) is 0 Å². The molecule has 0 amide bonds. The van der Waals surface area contributed by atoms with Gasteiger partial charge in [0.15, 0.2) is 0 Å². The van der Waals surface area contributed by atoms with Crippen molar-refractivity contribution in [2.75, 3.05) is 4.90 Å². The van der Waals surface area contributed by atoms with E-state index in [1.54, 1.807) is 0 Å². The Bertz CT molecular complexity index is 4340. The van der Waals surface area contributed by atoms with Crippen LogP contribution in [-0.4, -0.2) is 4.57 Å². The second-order valence-corrected chi connectivity index (χ2v) is 18.8. The van der Waals surface area contributed by atoms with E-state index in [0.717, 1.165) is 50.6 Å². The molecular formula is C70H46N2. The molecule has 0 spiro atoms. The average Bonchev–Trinajstić information content (AvgIpc) is 3.78. The van der Waals surface area contributed by atoms with Crippen LogP contribution in [0.5, 0.6) is 0 Å². The van der Waals surface area contributed by atoms with Crippen molar-refractivity contribution >= 4 is 82.0 Å². The predicted octanol–water partition coefficient (Wildman–Crippen LogP) is 19.5. The molecule has 0 fully saturated rings. The topological polar surface area (TPSA) is 8.17 Å². The van der Waals surface area contributed by atoms with Crippen molar-refractivity contribution in [3.63, 3.8) is 0 Å². The lowest BCUT2D eigenvalue weighted by Crippen LogP contribution is -2.12. The minimum atomic E-state index is 1.07. The summed E-state index contributed by atoms with van der Waals surface area (Å²) in [6.45, 7) is 0. The monoisotopic (exact) mass is 914 g/mol. The number of anilines is 3. The van der Waals surface area contributed by atoms with Crippen LogP contribution in [0, 0.1) is 0 Å². The van der Waals surface area contributed by atoms with Crippen molar-refractivity contribution in [2.45, 2.75) is 0 Å². The zero-order valence-electron chi connectivity index (χ0n) is 39.5. The fraction of sp³-hybridized carbons (Fsp3) is 0. The van der Waals surface area contributed by atoms with Gasteiger partial charge >= 0.3 is 0 Å². The van der Waals surface area contributed by atoms with Gasteiger partial charge in [-0.1, -0.05) is 212 Å². The molecule has 14 rings (SSSR count). The maximum absolute atomic E-state index is 2.47. The number of fused-ring (bicyclic) bond motifs is 10. The molecule has 1 heterocycles. The predicted molar refractivity (Wildman–Crippen MR) is 307 cm³/mol. The summed E-state index contributed by atoms with van der Waals surface area (Å²) in [5.74, 6) is 0. The van der Waals surface area contributed by atoms with Crippen LogP contribution in [0.25, 0.3) is 115 Å². The number of rotatable bonds is 8. The Balaban J connectivity index is 0.971. The Labute approximate surface area is 418 Å². The van der Waals surface area contributed by atoms with Crippen molar-refractivity contribution in [1.29, 1.82) is 0 Å². The lowest BCUT2D eigenvalue weighted by atomic mass is 9.92. The van der Waals surface area contributed by atoms with Gasteiger partial charge in [-0.05, 0) is 143 Å². The number of aromatic nitrogens is 1. The molecule has 14 aromatic rings. The molecule has 336 valence electrons. The van der Waals surface area contributed by atoms with Crippen LogP contribution in [-0.2, 0) is 0 Å². The van der Waals surface area contributed by atoms with E-state index in [1.165, 1.54) is 81.6 Å². The van der Waals surface area contributed by atoms with Crippen molar-refractivity contribution in [3.05, 3.63) is 279 Å². The van der Waals surface area contributed by atoms with Crippen molar-refractivity contribution in [2.24, 2.45) is 0 Å². The largest absolute Gasteiger partial charge is 0.309 e. The normalized spacial score (nSPS) is 11.6. The SMILES string of the molecule is c1ccc(-c2ccc(N(c3ccc(-c4ccc5c6ccccc6c6ccccc6c5c4)cc3)c3ccccc3-c3ccccc3)c(-c3cccc(-n4c5ccccc5c5cc6ccccc6cc54)c3)c2)cc1. The molecule has 13 aromatic carbocycles. The van der Waals surface area contributed by atoms with Crippen molar-refractivity contribution in [3.8, 4) is 50.2 Å². The van der Waals surface area contributed by atoms with Gasteiger partial charge in [0.1, 0.15) is 0 Å². The third kappa shape index (κ3) is 6.95. The Kier molecular flexibility index (Phi) is 9.89. The summed E-state index contributed by atoms with van der Waals surface area (Å²) >= 11 is 0. The number of nitrogens with zero attached hydrogens (tertiary/aromatic N) is 2. The summed E-state index contributed by atoms with van der Waals surface area (Å²) < 4.78 is 2.45. The Morgan fingerprint density at radius 1 is 0.236 bits per heavy atom. The number of benzene rings is 13. The zero-order chi connectivity index (χ0) is 47.5. The molecule has 0 atom stereocenters. The van der Waals surface area contributed by atoms with E-state index in [1.807, 2.05) is 0 Å². The van der Waals surface area contributed by atoms with Gasteiger partial charge in [0, 0.05) is 33.3 Å². The minimum absolute atomic E-state index is 1.07. The molecule has 0 aliphatic heterocycles. The third-order valence-electron chi connectivity index (χ3n) is 14.7. The molecule has 0 unspecified atom stereocenters. The van der Waals surface area contributed by atoms with Gasteiger partial charge < -0.3 is 9.47 Å². The second kappa shape index (κ2) is 17.2. The molecule has 0 saturated carbocycles. The van der Waals surface area contributed by atoms with Gasteiger partial charge in [0.05, 0.1) is 22.4 Å².